The van der Waals surface area contributed by atoms with E-state index < -0.39 is 0 Å². The van der Waals surface area contributed by atoms with Gasteiger partial charge in [0.15, 0.2) is 0 Å². The van der Waals surface area contributed by atoms with Crippen LogP contribution in [0.5, 0.6) is 0 Å². The van der Waals surface area contributed by atoms with Crippen LogP contribution in [0, 0.1) is 23.1 Å². The number of hydrogen-bond donors (Lipinski definition) is 1. The highest BCUT2D eigenvalue weighted by Gasteiger charge is 2.07. The Bertz CT molecular complexity index is 638. The Labute approximate surface area is 125 Å². The molecule has 1 aromatic carbocycles. The van der Waals surface area contributed by atoms with Crippen molar-refractivity contribution in [1.29, 1.82) is 5.26 Å². The predicted molar refractivity (Wildman–Crippen MR) is 81.2 cm³/mol. The van der Waals surface area contributed by atoms with Gasteiger partial charge in [-0.25, -0.2) is 4.39 Å². The second-order valence-corrected chi connectivity index (χ2v) is 5.57. The van der Waals surface area contributed by atoms with Gasteiger partial charge in [0.2, 0.25) is 0 Å². The molecule has 0 aliphatic heterocycles. The number of nitrogens with zero attached hydrogens (tertiary/aromatic N) is 2. The maximum Gasteiger partial charge on any atom is 0.123 e. The highest BCUT2D eigenvalue weighted by Crippen LogP contribution is 2.14. The number of benzene rings is 1. The summed E-state index contributed by atoms with van der Waals surface area (Å²) in [6, 6.07) is 10.4. The van der Waals surface area contributed by atoms with Crippen LogP contribution in [0.3, 0.4) is 0 Å². The molecule has 0 radical (unpaired) electrons. The van der Waals surface area contributed by atoms with Crippen molar-refractivity contribution in [1.82, 2.24) is 9.88 Å². The number of rotatable bonds is 6. The van der Waals surface area contributed by atoms with Crippen LogP contribution in [0.2, 0.25) is 0 Å². The Balaban J connectivity index is 2.12. The molecule has 0 atom stereocenters. The summed E-state index contributed by atoms with van der Waals surface area (Å²) in [6.07, 6.45) is 1.96. The van der Waals surface area contributed by atoms with E-state index >= 15 is 0 Å². The SMILES string of the molecule is CC(C)CNCc1cccn1Cc1cc(F)ccc1C#N. The molecule has 2 rings (SSSR count). The van der Waals surface area contributed by atoms with Crippen LogP contribution in [0.15, 0.2) is 36.5 Å². The highest BCUT2D eigenvalue weighted by molar-refractivity contribution is 5.38. The van der Waals surface area contributed by atoms with Gasteiger partial charge in [-0.15, -0.1) is 0 Å². The molecule has 0 unspecified atom stereocenters. The minimum absolute atomic E-state index is 0.310. The Morgan fingerprint density at radius 3 is 2.86 bits per heavy atom. The maximum atomic E-state index is 13.4. The van der Waals surface area contributed by atoms with Crippen molar-refractivity contribution in [2.75, 3.05) is 6.54 Å². The molecule has 1 N–H and O–H groups in total. The molecule has 0 saturated heterocycles. The molecule has 1 heterocycles. The molecule has 2 aromatic rings. The van der Waals surface area contributed by atoms with Gasteiger partial charge in [0.1, 0.15) is 5.82 Å². The number of hydrogen-bond acceptors (Lipinski definition) is 2. The molecule has 0 amide bonds. The first-order valence-electron chi connectivity index (χ1n) is 7.13. The summed E-state index contributed by atoms with van der Waals surface area (Å²) in [4.78, 5) is 0. The molecule has 0 spiro atoms. The molecule has 0 saturated carbocycles. The standard InChI is InChI=1S/C17H20FN3/c1-13(2)10-20-11-17-4-3-7-21(17)12-15-8-16(18)6-5-14(15)9-19/h3-8,13,20H,10-12H2,1-2H3. The minimum atomic E-state index is -0.310. The fourth-order valence-corrected chi connectivity index (χ4v) is 2.24. The first kappa shape index (κ1) is 15.3. The lowest BCUT2D eigenvalue weighted by Crippen LogP contribution is -2.21. The summed E-state index contributed by atoms with van der Waals surface area (Å²) in [5.41, 5.74) is 2.36. The van der Waals surface area contributed by atoms with E-state index in [-0.39, 0.29) is 5.82 Å². The van der Waals surface area contributed by atoms with E-state index in [1.165, 1.54) is 18.2 Å². The lowest BCUT2D eigenvalue weighted by atomic mass is 10.1. The van der Waals surface area contributed by atoms with E-state index in [2.05, 4.69) is 25.2 Å². The second-order valence-electron chi connectivity index (χ2n) is 5.57. The van der Waals surface area contributed by atoms with Crippen LogP contribution >= 0.6 is 0 Å². The fraction of sp³-hybridized carbons (Fsp3) is 0.353. The average molecular weight is 285 g/mol. The zero-order valence-corrected chi connectivity index (χ0v) is 12.4. The predicted octanol–water partition coefficient (Wildman–Crippen LogP) is 3.29. The quantitative estimate of drug-likeness (QED) is 0.884. The van der Waals surface area contributed by atoms with Crippen LogP contribution in [0.25, 0.3) is 0 Å². The molecule has 21 heavy (non-hydrogen) atoms. The number of aromatic nitrogens is 1. The van der Waals surface area contributed by atoms with Crippen LogP contribution in [-0.4, -0.2) is 11.1 Å². The zero-order chi connectivity index (χ0) is 15.2. The summed E-state index contributed by atoms with van der Waals surface area (Å²) in [7, 11) is 0. The van der Waals surface area contributed by atoms with E-state index in [0.717, 1.165) is 18.8 Å². The number of nitriles is 1. The van der Waals surface area contributed by atoms with E-state index in [0.29, 0.717) is 23.6 Å². The lowest BCUT2D eigenvalue weighted by Gasteiger charge is -2.12. The Morgan fingerprint density at radius 1 is 1.33 bits per heavy atom. The maximum absolute atomic E-state index is 13.4. The number of halogens is 1. The van der Waals surface area contributed by atoms with Gasteiger partial charge in [-0.3, -0.25) is 0 Å². The summed E-state index contributed by atoms with van der Waals surface area (Å²) < 4.78 is 15.4. The molecule has 110 valence electrons. The van der Waals surface area contributed by atoms with Gasteiger partial charge in [-0.1, -0.05) is 13.8 Å². The van der Waals surface area contributed by atoms with Gasteiger partial charge < -0.3 is 9.88 Å². The molecular formula is C17H20FN3. The van der Waals surface area contributed by atoms with Crippen LogP contribution < -0.4 is 5.32 Å². The van der Waals surface area contributed by atoms with Crippen molar-refractivity contribution >= 4 is 0 Å². The highest BCUT2D eigenvalue weighted by atomic mass is 19.1. The third-order valence-electron chi connectivity index (χ3n) is 3.31. The smallest absolute Gasteiger partial charge is 0.123 e. The minimum Gasteiger partial charge on any atom is -0.346 e. The molecule has 0 aliphatic rings. The summed E-state index contributed by atoms with van der Waals surface area (Å²) in [5, 5.41) is 12.5. The van der Waals surface area contributed by atoms with Gasteiger partial charge >= 0.3 is 0 Å². The van der Waals surface area contributed by atoms with Gasteiger partial charge in [-0.2, -0.15) is 5.26 Å². The summed E-state index contributed by atoms with van der Waals surface area (Å²) >= 11 is 0. The molecule has 3 nitrogen and oxygen atoms in total. The molecule has 4 heteroatoms. The van der Waals surface area contributed by atoms with Crippen molar-refractivity contribution in [3.8, 4) is 6.07 Å². The molecule has 0 bridgehead atoms. The fourth-order valence-electron chi connectivity index (χ4n) is 2.24. The van der Waals surface area contributed by atoms with E-state index in [1.807, 2.05) is 22.9 Å². The first-order valence-corrected chi connectivity index (χ1v) is 7.13. The van der Waals surface area contributed by atoms with Crippen LogP contribution in [0.4, 0.5) is 4.39 Å². The normalized spacial score (nSPS) is 10.8. The van der Waals surface area contributed by atoms with Crippen molar-refractivity contribution in [2.45, 2.75) is 26.9 Å². The summed E-state index contributed by atoms with van der Waals surface area (Å²) in [5.74, 6) is 0.289. The van der Waals surface area contributed by atoms with E-state index in [4.69, 9.17) is 5.26 Å². The molecule has 1 aromatic heterocycles. The lowest BCUT2D eigenvalue weighted by molar-refractivity contribution is 0.538. The Hall–Kier alpha value is -2.12. The largest absolute Gasteiger partial charge is 0.346 e. The van der Waals surface area contributed by atoms with Gasteiger partial charge in [0, 0.05) is 25.0 Å². The third kappa shape index (κ3) is 4.17. The Kier molecular flexibility index (Phi) is 5.13. The first-order chi connectivity index (χ1) is 10.1. The van der Waals surface area contributed by atoms with E-state index in [1.54, 1.807) is 0 Å². The third-order valence-corrected chi connectivity index (χ3v) is 3.31. The zero-order valence-electron chi connectivity index (χ0n) is 12.4. The average Bonchev–Trinajstić information content (AvgIpc) is 2.86. The molecular weight excluding hydrogens is 265 g/mol. The van der Waals surface area contributed by atoms with Gasteiger partial charge in [-0.05, 0) is 48.4 Å². The monoisotopic (exact) mass is 285 g/mol. The summed E-state index contributed by atoms with van der Waals surface area (Å²) in [6.45, 7) is 6.55. The van der Waals surface area contributed by atoms with Crippen LogP contribution in [0.1, 0.15) is 30.7 Å². The Morgan fingerprint density at radius 2 is 2.14 bits per heavy atom. The topological polar surface area (TPSA) is 40.8 Å². The van der Waals surface area contributed by atoms with Gasteiger partial charge in [0.25, 0.3) is 0 Å². The van der Waals surface area contributed by atoms with Crippen molar-refractivity contribution < 1.29 is 4.39 Å². The number of nitrogens with one attached hydrogen (secondary N) is 1. The van der Waals surface area contributed by atoms with Crippen molar-refractivity contribution in [3.05, 3.63) is 59.2 Å². The second kappa shape index (κ2) is 7.05. The molecule has 0 fully saturated rings. The molecule has 0 aliphatic carbocycles. The van der Waals surface area contributed by atoms with Crippen molar-refractivity contribution in [3.63, 3.8) is 0 Å². The van der Waals surface area contributed by atoms with Gasteiger partial charge in [0.05, 0.1) is 11.6 Å². The van der Waals surface area contributed by atoms with Crippen LogP contribution in [-0.2, 0) is 13.1 Å². The van der Waals surface area contributed by atoms with E-state index in [9.17, 15) is 4.39 Å². The van der Waals surface area contributed by atoms with Crippen molar-refractivity contribution in [2.24, 2.45) is 5.92 Å².